The minimum atomic E-state index is -0.229. The number of allylic oxidation sites excluding steroid dienone is 1. The number of nitrogens with one attached hydrogen (secondary N) is 1. The van der Waals surface area contributed by atoms with Crippen molar-refractivity contribution >= 4 is 11.6 Å². The summed E-state index contributed by atoms with van der Waals surface area (Å²) in [4.78, 5) is 0. The lowest BCUT2D eigenvalue weighted by atomic mass is 10.0. The summed E-state index contributed by atoms with van der Waals surface area (Å²) < 4.78 is 13.7. The van der Waals surface area contributed by atoms with Crippen LogP contribution in [0.3, 0.4) is 0 Å². The van der Waals surface area contributed by atoms with E-state index in [2.05, 4.69) is 5.32 Å². The van der Waals surface area contributed by atoms with Crippen LogP contribution in [0.1, 0.15) is 32.4 Å². The normalized spacial score (nSPS) is 12.3. The molecule has 0 aliphatic heterocycles. The Kier molecular flexibility index (Phi) is 4.97. The molecule has 0 aliphatic rings. The standard InChI is InChI=1S/C13H17ClFN/c1-4-16-13(7-9(2)3)11-8-10(14)5-6-12(11)15/h5-8,13,16H,4H2,1-3H3. The van der Waals surface area contributed by atoms with Crippen molar-refractivity contribution in [3.63, 3.8) is 0 Å². The number of hydrogen-bond acceptors (Lipinski definition) is 1. The summed E-state index contributed by atoms with van der Waals surface area (Å²) >= 11 is 5.88. The van der Waals surface area contributed by atoms with Crippen LogP contribution in [0, 0.1) is 5.82 Å². The third-order valence-electron chi connectivity index (χ3n) is 2.22. The lowest BCUT2D eigenvalue weighted by Gasteiger charge is -2.16. The first-order valence-electron chi connectivity index (χ1n) is 5.38. The molecule has 3 heteroatoms. The maximum Gasteiger partial charge on any atom is 0.128 e. The third kappa shape index (κ3) is 3.62. The van der Waals surface area contributed by atoms with Gasteiger partial charge in [0.1, 0.15) is 5.82 Å². The average Bonchev–Trinajstić information content (AvgIpc) is 2.20. The predicted octanol–water partition coefficient (Wildman–Crippen LogP) is 4.10. The van der Waals surface area contributed by atoms with Crippen LogP contribution in [-0.4, -0.2) is 6.54 Å². The molecule has 16 heavy (non-hydrogen) atoms. The molecule has 1 N–H and O–H groups in total. The molecule has 0 radical (unpaired) electrons. The number of benzene rings is 1. The first-order chi connectivity index (χ1) is 7.54. The quantitative estimate of drug-likeness (QED) is 0.783. The molecule has 0 amide bonds. The third-order valence-corrected chi connectivity index (χ3v) is 2.45. The van der Waals surface area contributed by atoms with Gasteiger partial charge in [-0.05, 0) is 38.6 Å². The zero-order valence-electron chi connectivity index (χ0n) is 9.85. The zero-order valence-corrected chi connectivity index (χ0v) is 10.6. The van der Waals surface area contributed by atoms with Crippen LogP contribution in [0.4, 0.5) is 4.39 Å². The van der Waals surface area contributed by atoms with Crippen molar-refractivity contribution in [2.45, 2.75) is 26.8 Å². The molecule has 0 aliphatic carbocycles. The SMILES string of the molecule is CCNC(C=C(C)C)c1cc(Cl)ccc1F. The molecule has 1 nitrogen and oxygen atoms in total. The number of halogens is 2. The second-order valence-corrected chi connectivity index (χ2v) is 4.38. The van der Waals surface area contributed by atoms with Crippen molar-refractivity contribution in [1.29, 1.82) is 0 Å². The van der Waals surface area contributed by atoms with Crippen molar-refractivity contribution in [1.82, 2.24) is 5.32 Å². The molecule has 0 spiro atoms. The van der Waals surface area contributed by atoms with E-state index in [0.29, 0.717) is 10.6 Å². The Morgan fingerprint density at radius 3 is 2.75 bits per heavy atom. The summed E-state index contributed by atoms with van der Waals surface area (Å²) in [7, 11) is 0. The highest BCUT2D eigenvalue weighted by Crippen LogP contribution is 2.23. The lowest BCUT2D eigenvalue weighted by molar-refractivity contribution is 0.565. The average molecular weight is 242 g/mol. The van der Waals surface area contributed by atoms with Crippen LogP contribution in [-0.2, 0) is 0 Å². The van der Waals surface area contributed by atoms with Crippen LogP contribution in [0.5, 0.6) is 0 Å². The van der Waals surface area contributed by atoms with E-state index in [1.807, 2.05) is 26.8 Å². The van der Waals surface area contributed by atoms with E-state index < -0.39 is 0 Å². The van der Waals surface area contributed by atoms with Gasteiger partial charge < -0.3 is 5.32 Å². The van der Waals surface area contributed by atoms with Gasteiger partial charge in [0.15, 0.2) is 0 Å². The fourth-order valence-electron chi connectivity index (χ4n) is 1.56. The number of likely N-dealkylation sites (N-methyl/N-ethyl adjacent to an activating group) is 1. The summed E-state index contributed by atoms with van der Waals surface area (Å²) in [5, 5.41) is 3.78. The molecule has 1 aromatic rings. The summed E-state index contributed by atoms with van der Waals surface area (Å²) in [6, 6.07) is 4.52. The first-order valence-corrected chi connectivity index (χ1v) is 5.75. The fraction of sp³-hybridized carbons (Fsp3) is 0.385. The Balaban J connectivity index is 3.09. The van der Waals surface area contributed by atoms with Gasteiger partial charge in [-0.25, -0.2) is 4.39 Å². The second kappa shape index (κ2) is 6.02. The Bertz CT molecular complexity index is 384. The van der Waals surface area contributed by atoms with Crippen LogP contribution in [0.15, 0.2) is 29.8 Å². The molecule has 0 saturated heterocycles. The van der Waals surface area contributed by atoms with E-state index in [4.69, 9.17) is 11.6 Å². The van der Waals surface area contributed by atoms with Gasteiger partial charge in [0.25, 0.3) is 0 Å². The maximum absolute atomic E-state index is 13.7. The number of hydrogen-bond donors (Lipinski definition) is 1. The van der Waals surface area contributed by atoms with Crippen LogP contribution >= 0.6 is 11.6 Å². The van der Waals surface area contributed by atoms with Crippen molar-refractivity contribution in [3.8, 4) is 0 Å². The highest BCUT2D eigenvalue weighted by Gasteiger charge is 2.12. The molecule has 0 aromatic heterocycles. The topological polar surface area (TPSA) is 12.0 Å². The molecule has 1 aromatic carbocycles. The van der Waals surface area contributed by atoms with Crippen molar-refractivity contribution < 1.29 is 4.39 Å². The fourth-order valence-corrected chi connectivity index (χ4v) is 1.75. The Morgan fingerprint density at radius 1 is 1.50 bits per heavy atom. The molecule has 1 unspecified atom stereocenters. The molecule has 0 saturated carbocycles. The molecule has 0 fully saturated rings. The monoisotopic (exact) mass is 241 g/mol. The van der Waals surface area contributed by atoms with Gasteiger partial charge in [-0.15, -0.1) is 0 Å². The van der Waals surface area contributed by atoms with Crippen molar-refractivity contribution in [3.05, 3.63) is 46.3 Å². The Hall–Kier alpha value is -0.860. The molecule has 0 bridgehead atoms. The van der Waals surface area contributed by atoms with E-state index in [1.54, 1.807) is 12.1 Å². The summed E-state index contributed by atoms with van der Waals surface area (Å²) in [6.45, 7) is 6.76. The second-order valence-electron chi connectivity index (χ2n) is 3.95. The largest absolute Gasteiger partial charge is 0.307 e. The molecular weight excluding hydrogens is 225 g/mol. The van der Waals surface area contributed by atoms with Gasteiger partial charge in [0.05, 0.1) is 6.04 Å². The maximum atomic E-state index is 13.7. The van der Waals surface area contributed by atoms with Gasteiger partial charge in [-0.3, -0.25) is 0 Å². The molecule has 1 rings (SSSR count). The van der Waals surface area contributed by atoms with E-state index in [9.17, 15) is 4.39 Å². The van der Waals surface area contributed by atoms with E-state index in [1.165, 1.54) is 6.07 Å². The van der Waals surface area contributed by atoms with Gasteiger partial charge in [0.2, 0.25) is 0 Å². The highest BCUT2D eigenvalue weighted by atomic mass is 35.5. The zero-order chi connectivity index (χ0) is 12.1. The molecule has 0 heterocycles. The summed E-state index contributed by atoms with van der Waals surface area (Å²) in [6.07, 6.45) is 2.00. The van der Waals surface area contributed by atoms with Gasteiger partial charge >= 0.3 is 0 Å². The predicted molar refractivity (Wildman–Crippen MR) is 67.3 cm³/mol. The molecular formula is C13H17ClFN. The minimum absolute atomic E-state index is 0.117. The Labute approximate surface area is 101 Å². The lowest BCUT2D eigenvalue weighted by Crippen LogP contribution is -2.20. The summed E-state index contributed by atoms with van der Waals surface area (Å²) in [5.41, 5.74) is 1.74. The van der Waals surface area contributed by atoms with Gasteiger partial charge in [0, 0.05) is 10.6 Å². The van der Waals surface area contributed by atoms with Gasteiger partial charge in [-0.2, -0.15) is 0 Å². The van der Waals surface area contributed by atoms with Gasteiger partial charge in [-0.1, -0.05) is 30.2 Å². The molecule has 1 atom stereocenters. The number of rotatable bonds is 4. The minimum Gasteiger partial charge on any atom is -0.307 e. The van der Waals surface area contributed by atoms with Crippen LogP contribution in [0.2, 0.25) is 5.02 Å². The highest BCUT2D eigenvalue weighted by molar-refractivity contribution is 6.30. The van der Waals surface area contributed by atoms with Crippen LogP contribution < -0.4 is 5.32 Å². The van der Waals surface area contributed by atoms with E-state index in [0.717, 1.165) is 12.1 Å². The summed E-state index contributed by atoms with van der Waals surface area (Å²) in [5.74, 6) is -0.229. The van der Waals surface area contributed by atoms with E-state index >= 15 is 0 Å². The van der Waals surface area contributed by atoms with Crippen LogP contribution in [0.25, 0.3) is 0 Å². The van der Waals surface area contributed by atoms with Crippen molar-refractivity contribution in [2.24, 2.45) is 0 Å². The molecule has 88 valence electrons. The smallest absolute Gasteiger partial charge is 0.128 e. The van der Waals surface area contributed by atoms with Crippen molar-refractivity contribution in [2.75, 3.05) is 6.54 Å². The Morgan fingerprint density at radius 2 is 2.19 bits per heavy atom. The first kappa shape index (κ1) is 13.2. The van der Waals surface area contributed by atoms with E-state index in [-0.39, 0.29) is 11.9 Å².